The average molecular weight is 414 g/mol. The van der Waals surface area contributed by atoms with E-state index < -0.39 is 0 Å². The Morgan fingerprint density at radius 1 is 1.28 bits per heavy atom. The molecule has 0 radical (unpaired) electrons. The van der Waals surface area contributed by atoms with Gasteiger partial charge >= 0.3 is 6.03 Å². The molecule has 2 heterocycles. The standard InChI is InChI=1S/C22H31N5OS/c1-6-9-17(7-2)27-20-16(14-26(5)22(27)28)13-23-21(25-20)24-19-11-10-18(29-8-3)12-15(19)4/h10-13,17H,6-9,14H2,1-5H3,(H,23,24,25). The molecule has 29 heavy (non-hydrogen) atoms. The summed E-state index contributed by atoms with van der Waals surface area (Å²) in [6.07, 6.45) is 4.72. The molecule has 1 aliphatic rings. The molecule has 156 valence electrons. The van der Waals surface area contributed by atoms with Crippen LogP contribution in [0.25, 0.3) is 0 Å². The molecule has 7 heteroatoms. The minimum absolute atomic E-state index is 0.0135. The number of benzene rings is 1. The topological polar surface area (TPSA) is 61.4 Å². The zero-order chi connectivity index (χ0) is 21.0. The Hall–Kier alpha value is -2.28. The van der Waals surface area contributed by atoms with Crippen LogP contribution < -0.4 is 10.2 Å². The zero-order valence-corrected chi connectivity index (χ0v) is 18.8. The third-order valence-corrected chi connectivity index (χ3v) is 6.10. The molecule has 2 aromatic rings. The van der Waals surface area contributed by atoms with Crippen molar-refractivity contribution < 1.29 is 4.79 Å². The van der Waals surface area contributed by atoms with Gasteiger partial charge in [-0.05, 0) is 49.3 Å². The molecule has 0 aliphatic carbocycles. The van der Waals surface area contributed by atoms with E-state index in [1.165, 1.54) is 4.90 Å². The lowest BCUT2D eigenvalue weighted by atomic mass is 10.1. The first-order valence-electron chi connectivity index (χ1n) is 10.4. The number of anilines is 3. The van der Waals surface area contributed by atoms with Gasteiger partial charge in [-0.1, -0.05) is 27.2 Å². The van der Waals surface area contributed by atoms with Crippen LogP contribution in [-0.4, -0.2) is 39.7 Å². The fraction of sp³-hybridized carbons (Fsp3) is 0.500. The van der Waals surface area contributed by atoms with E-state index in [-0.39, 0.29) is 12.1 Å². The van der Waals surface area contributed by atoms with E-state index in [1.807, 2.05) is 29.9 Å². The molecule has 0 bridgehead atoms. The summed E-state index contributed by atoms with van der Waals surface area (Å²) in [4.78, 5) is 27.1. The molecule has 1 aromatic carbocycles. The van der Waals surface area contributed by atoms with E-state index in [2.05, 4.69) is 56.2 Å². The van der Waals surface area contributed by atoms with Crippen molar-refractivity contribution in [2.24, 2.45) is 0 Å². The molecule has 0 saturated heterocycles. The van der Waals surface area contributed by atoms with Crippen LogP contribution in [0.1, 0.15) is 51.2 Å². The van der Waals surface area contributed by atoms with Crippen molar-refractivity contribution in [3.8, 4) is 0 Å². The number of fused-ring (bicyclic) bond motifs is 1. The van der Waals surface area contributed by atoms with Gasteiger partial charge in [0.1, 0.15) is 5.82 Å². The fourth-order valence-electron chi connectivity index (χ4n) is 3.71. The minimum atomic E-state index is 0.0135. The second kappa shape index (κ2) is 9.48. The highest BCUT2D eigenvalue weighted by Crippen LogP contribution is 2.32. The number of thioether (sulfide) groups is 1. The number of carbonyl (C=O) groups excluding carboxylic acids is 1. The smallest absolute Gasteiger partial charge is 0.324 e. The molecule has 1 atom stereocenters. The molecule has 0 saturated carbocycles. The van der Waals surface area contributed by atoms with E-state index in [4.69, 9.17) is 4.98 Å². The highest BCUT2D eigenvalue weighted by molar-refractivity contribution is 7.99. The summed E-state index contributed by atoms with van der Waals surface area (Å²) in [5, 5.41) is 3.34. The van der Waals surface area contributed by atoms with Gasteiger partial charge < -0.3 is 10.2 Å². The van der Waals surface area contributed by atoms with Gasteiger partial charge in [0.15, 0.2) is 0 Å². The highest BCUT2D eigenvalue weighted by Gasteiger charge is 2.34. The van der Waals surface area contributed by atoms with E-state index in [1.54, 1.807) is 4.90 Å². The molecule has 2 amide bonds. The van der Waals surface area contributed by atoms with Crippen LogP contribution in [0.2, 0.25) is 0 Å². The van der Waals surface area contributed by atoms with Crippen LogP contribution in [0.3, 0.4) is 0 Å². The maximum absolute atomic E-state index is 13.0. The normalized spacial score (nSPS) is 14.7. The van der Waals surface area contributed by atoms with Gasteiger partial charge in [-0.3, -0.25) is 4.90 Å². The number of nitrogens with zero attached hydrogens (tertiary/aromatic N) is 4. The van der Waals surface area contributed by atoms with Crippen LogP contribution >= 0.6 is 11.8 Å². The number of hydrogen-bond donors (Lipinski definition) is 1. The minimum Gasteiger partial charge on any atom is -0.324 e. The summed E-state index contributed by atoms with van der Waals surface area (Å²) in [7, 11) is 1.84. The molecule has 0 spiro atoms. The fourth-order valence-corrected chi connectivity index (χ4v) is 4.46. The number of aryl methyl sites for hydroxylation is 1. The lowest BCUT2D eigenvalue weighted by Crippen LogP contribution is -2.50. The number of carbonyl (C=O) groups is 1. The Labute approximate surface area is 178 Å². The Kier molecular flexibility index (Phi) is 7.00. The highest BCUT2D eigenvalue weighted by atomic mass is 32.2. The first-order chi connectivity index (χ1) is 14.0. The summed E-state index contributed by atoms with van der Waals surface area (Å²) in [6, 6.07) is 6.51. The van der Waals surface area contributed by atoms with Gasteiger partial charge in [0.2, 0.25) is 5.95 Å². The molecule has 0 fully saturated rings. The summed E-state index contributed by atoms with van der Waals surface area (Å²) < 4.78 is 0. The van der Waals surface area contributed by atoms with Gasteiger partial charge in [0, 0.05) is 35.4 Å². The van der Waals surface area contributed by atoms with Crippen LogP contribution in [0.4, 0.5) is 22.2 Å². The monoisotopic (exact) mass is 413 g/mol. The molecule has 6 nitrogen and oxygen atoms in total. The van der Waals surface area contributed by atoms with Crippen LogP contribution in [0, 0.1) is 6.92 Å². The molecule has 1 aromatic heterocycles. The number of rotatable bonds is 8. The van der Waals surface area contributed by atoms with Crippen molar-refractivity contribution in [1.82, 2.24) is 14.9 Å². The molecular weight excluding hydrogens is 382 g/mol. The van der Waals surface area contributed by atoms with Crippen LogP contribution in [-0.2, 0) is 6.54 Å². The van der Waals surface area contributed by atoms with Crippen LogP contribution in [0.5, 0.6) is 0 Å². The molecule has 1 unspecified atom stereocenters. The summed E-state index contributed by atoms with van der Waals surface area (Å²) >= 11 is 1.83. The van der Waals surface area contributed by atoms with Gasteiger partial charge in [0.25, 0.3) is 0 Å². The number of nitrogens with one attached hydrogen (secondary N) is 1. The van der Waals surface area contributed by atoms with Crippen molar-refractivity contribution in [2.45, 2.75) is 64.4 Å². The lowest BCUT2D eigenvalue weighted by Gasteiger charge is -2.38. The van der Waals surface area contributed by atoms with E-state index >= 15 is 0 Å². The van der Waals surface area contributed by atoms with E-state index in [0.29, 0.717) is 12.5 Å². The molecule has 1 N–H and O–H groups in total. The largest absolute Gasteiger partial charge is 0.325 e. The summed E-state index contributed by atoms with van der Waals surface area (Å²) in [5.74, 6) is 2.31. The Balaban J connectivity index is 1.92. The van der Waals surface area contributed by atoms with Crippen molar-refractivity contribution in [3.63, 3.8) is 0 Å². The predicted octanol–water partition coefficient (Wildman–Crippen LogP) is 5.59. The first kappa shape index (κ1) is 21.4. The second-order valence-electron chi connectivity index (χ2n) is 7.44. The Morgan fingerprint density at radius 2 is 2.07 bits per heavy atom. The molecule has 3 rings (SSSR count). The summed E-state index contributed by atoms with van der Waals surface area (Å²) in [5.41, 5.74) is 3.12. The number of aromatic nitrogens is 2. The molecule has 1 aliphatic heterocycles. The number of urea groups is 1. The van der Waals surface area contributed by atoms with Gasteiger partial charge in [0.05, 0.1) is 6.54 Å². The average Bonchev–Trinajstić information content (AvgIpc) is 2.70. The van der Waals surface area contributed by atoms with Gasteiger partial charge in [-0.25, -0.2) is 9.78 Å². The Morgan fingerprint density at radius 3 is 2.72 bits per heavy atom. The Bertz CT molecular complexity index is 872. The number of hydrogen-bond acceptors (Lipinski definition) is 5. The third kappa shape index (κ3) is 4.66. The molecular formula is C22H31N5OS. The van der Waals surface area contributed by atoms with E-state index in [0.717, 1.165) is 47.6 Å². The van der Waals surface area contributed by atoms with E-state index in [9.17, 15) is 4.79 Å². The lowest BCUT2D eigenvalue weighted by molar-refractivity contribution is 0.206. The quantitative estimate of drug-likeness (QED) is 0.572. The van der Waals surface area contributed by atoms with Crippen molar-refractivity contribution in [1.29, 1.82) is 0 Å². The second-order valence-corrected chi connectivity index (χ2v) is 8.77. The van der Waals surface area contributed by atoms with Crippen molar-refractivity contribution in [2.75, 3.05) is 23.0 Å². The first-order valence-corrected chi connectivity index (χ1v) is 11.4. The zero-order valence-electron chi connectivity index (χ0n) is 18.0. The summed E-state index contributed by atoms with van der Waals surface area (Å²) in [6.45, 7) is 9.05. The SMILES string of the molecule is CCCC(CC)N1C(=O)N(C)Cc2cnc(Nc3ccc(SCC)cc3C)nc21. The maximum Gasteiger partial charge on any atom is 0.325 e. The van der Waals surface area contributed by atoms with Crippen molar-refractivity contribution >= 4 is 35.2 Å². The third-order valence-electron chi connectivity index (χ3n) is 5.22. The van der Waals surface area contributed by atoms with Gasteiger partial charge in [-0.15, -0.1) is 11.8 Å². The van der Waals surface area contributed by atoms with Crippen LogP contribution in [0.15, 0.2) is 29.3 Å². The number of amides is 2. The van der Waals surface area contributed by atoms with Crippen molar-refractivity contribution in [3.05, 3.63) is 35.5 Å². The maximum atomic E-state index is 13.0. The van der Waals surface area contributed by atoms with Gasteiger partial charge in [-0.2, -0.15) is 4.98 Å². The predicted molar refractivity (Wildman–Crippen MR) is 121 cm³/mol.